The zero-order valence-electron chi connectivity index (χ0n) is 23.3. The summed E-state index contributed by atoms with van der Waals surface area (Å²) in [4.78, 5) is 0. The van der Waals surface area contributed by atoms with Gasteiger partial charge in [-0.25, -0.2) is 0 Å². The third-order valence-electron chi connectivity index (χ3n) is 8.61. The SMILES string of the molecule is c1cc(OCCOc2cccc(-c3cccc4c3Cc3ccccc3-4)c2)cc(-c2cccc3c2Cc2ccccc2-3)c1. The van der Waals surface area contributed by atoms with Crippen LogP contribution in [0.25, 0.3) is 44.5 Å². The van der Waals surface area contributed by atoms with E-state index in [0.29, 0.717) is 13.2 Å². The average Bonchev–Trinajstić information content (AvgIpc) is 3.62. The maximum absolute atomic E-state index is 6.16. The van der Waals surface area contributed by atoms with E-state index in [2.05, 4.69) is 121 Å². The molecule has 6 aromatic carbocycles. The molecule has 0 atom stereocenters. The predicted molar refractivity (Wildman–Crippen MR) is 171 cm³/mol. The monoisotopic (exact) mass is 542 g/mol. The maximum Gasteiger partial charge on any atom is 0.122 e. The van der Waals surface area contributed by atoms with Crippen LogP contribution in [0.2, 0.25) is 0 Å². The van der Waals surface area contributed by atoms with E-state index in [1.807, 2.05) is 12.1 Å². The Labute approximate surface area is 246 Å². The van der Waals surface area contributed by atoms with E-state index in [1.54, 1.807) is 0 Å². The molecule has 0 amide bonds. The number of rotatable bonds is 7. The second-order valence-electron chi connectivity index (χ2n) is 11.1. The van der Waals surface area contributed by atoms with Gasteiger partial charge in [0, 0.05) is 0 Å². The van der Waals surface area contributed by atoms with E-state index >= 15 is 0 Å². The van der Waals surface area contributed by atoms with Crippen LogP contribution in [0.15, 0.2) is 133 Å². The molecule has 0 saturated carbocycles. The van der Waals surface area contributed by atoms with E-state index in [0.717, 1.165) is 24.3 Å². The number of hydrogen-bond acceptors (Lipinski definition) is 2. The Kier molecular flexibility index (Phi) is 6.11. The highest BCUT2D eigenvalue weighted by molar-refractivity contribution is 5.86. The van der Waals surface area contributed by atoms with E-state index in [1.165, 1.54) is 66.8 Å². The zero-order chi connectivity index (χ0) is 27.9. The van der Waals surface area contributed by atoms with E-state index in [4.69, 9.17) is 9.47 Å². The van der Waals surface area contributed by atoms with Gasteiger partial charge in [-0.2, -0.15) is 0 Å². The number of hydrogen-bond donors (Lipinski definition) is 0. The molecule has 2 heteroatoms. The van der Waals surface area contributed by atoms with Gasteiger partial charge in [-0.15, -0.1) is 0 Å². The van der Waals surface area contributed by atoms with Crippen molar-refractivity contribution in [2.45, 2.75) is 12.8 Å². The molecule has 0 radical (unpaired) electrons. The molecule has 2 nitrogen and oxygen atoms in total. The van der Waals surface area contributed by atoms with Gasteiger partial charge in [0.05, 0.1) is 0 Å². The zero-order valence-corrected chi connectivity index (χ0v) is 23.3. The van der Waals surface area contributed by atoms with Crippen molar-refractivity contribution in [1.29, 1.82) is 0 Å². The summed E-state index contributed by atoms with van der Waals surface area (Å²) < 4.78 is 12.3. The molecule has 0 fully saturated rings. The van der Waals surface area contributed by atoms with Crippen LogP contribution in [0.3, 0.4) is 0 Å². The minimum Gasteiger partial charge on any atom is -0.490 e. The summed E-state index contributed by atoms with van der Waals surface area (Å²) in [6, 6.07) is 47.5. The van der Waals surface area contributed by atoms with Gasteiger partial charge in [0.2, 0.25) is 0 Å². The normalized spacial score (nSPS) is 12.3. The maximum atomic E-state index is 6.16. The number of fused-ring (bicyclic) bond motifs is 6. The molecule has 0 heterocycles. The lowest BCUT2D eigenvalue weighted by Gasteiger charge is -2.13. The van der Waals surface area contributed by atoms with E-state index in [-0.39, 0.29) is 0 Å². The molecular weight excluding hydrogens is 512 g/mol. The highest BCUT2D eigenvalue weighted by Gasteiger charge is 2.22. The molecule has 2 aliphatic rings. The van der Waals surface area contributed by atoms with Crippen LogP contribution in [0.5, 0.6) is 11.5 Å². The first kappa shape index (κ1) is 24.7. The highest BCUT2D eigenvalue weighted by Crippen LogP contribution is 2.43. The first-order valence-corrected chi connectivity index (χ1v) is 14.7. The molecule has 8 rings (SSSR count). The lowest BCUT2D eigenvalue weighted by Crippen LogP contribution is -2.09. The second kappa shape index (κ2) is 10.4. The van der Waals surface area contributed by atoms with Crippen LogP contribution in [0, 0.1) is 0 Å². The summed E-state index contributed by atoms with van der Waals surface area (Å²) in [7, 11) is 0. The molecular formula is C40H30O2. The predicted octanol–water partition coefficient (Wildman–Crippen LogP) is 9.62. The Bertz CT molecular complexity index is 1810. The van der Waals surface area contributed by atoms with Gasteiger partial charge < -0.3 is 9.47 Å². The van der Waals surface area contributed by atoms with E-state index in [9.17, 15) is 0 Å². The average molecular weight is 543 g/mol. The van der Waals surface area contributed by atoms with Crippen molar-refractivity contribution >= 4 is 0 Å². The van der Waals surface area contributed by atoms with Crippen molar-refractivity contribution in [3.05, 3.63) is 156 Å². The van der Waals surface area contributed by atoms with Gasteiger partial charge in [0.25, 0.3) is 0 Å². The van der Waals surface area contributed by atoms with Gasteiger partial charge >= 0.3 is 0 Å². The second-order valence-corrected chi connectivity index (χ2v) is 11.1. The van der Waals surface area contributed by atoms with Crippen LogP contribution < -0.4 is 9.47 Å². The third-order valence-corrected chi connectivity index (χ3v) is 8.61. The molecule has 0 aromatic heterocycles. The number of benzene rings is 6. The largest absolute Gasteiger partial charge is 0.490 e. The van der Waals surface area contributed by atoms with Gasteiger partial charge in [-0.05, 0) is 104 Å². The molecule has 0 aliphatic heterocycles. The summed E-state index contributed by atoms with van der Waals surface area (Å²) >= 11 is 0. The molecule has 0 bridgehead atoms. The topological polar surface area (TPSA) is 18.5 Å². The molecule has 0 spiro atoms. The minimum atomic E-state index is 0.474. The summed E-state index contributed by atoms with van der Waals surface area (Å²) in [5.74, 6) is 1.72. The van der Waals surface area contributed by atoms with E-state index < -0.39 is 0 Å². The fourth-order valence-electron chi connectivity index (χ4n) is 6.68. The summed E-state index contributed by atoms with van der Waals surface area (Å²) in [5.41, 5.74) is 15.9. The standard InChI is InChI=1S/C40H30O2/c1-3-15-33-29(9-1)25-39-35(17-7-19-37(33)39)27-11-5-13-31(23-27)41-21-22-42-32-14-6-12-28(24-32)36-18-8-20-38-34-16-4-2-10-30(34)26-40(36)38/h1-20,23-24H,21-22,25-26H2. The summed E-state index contributed by atoms with van der Waals surface area (Å²) in [6.07, 6.45) is 1.94. The van der Waals surface area contributed by atoms with Gasteiger partial charge in [0.15, 0.2) is 0 Å². The lowest BCUT2D eigenvalue weighted by atomic mass is 9.95. The van der Waals surface area contributed by atoms with Crippen molar-refractivity contribution in [3.8, 4) is 56.0 Å². The molecule has 0 saturated heterocycles. The molecule has 0 N–H and O–H groups in total. The van der Waals surface area contributed by atoms with Gasteiger partial charge in [0.1, 0.15) is 24.7 Å². The Hall–Kier alpha value is -5.08. The van der Waals surface area contributed by atoms with Crippen LogP contribution in [-0.4, -0.2) is 13.2 Å². The molecule has 0 unspecified atom stereocenters. The Morgan fingerprint density at radius 2 is 0.786 bits per heavy atom. The number of ether oxygens (including phenoxy) is 2. The van der Waals surface area contributed by atoms with Crippen LogP contribution >= 0.6 is 0 Å². The first-order valence-electron chi connectivity index (χ1n) is 14.7. The summed E-state index contributed by atoms with van der Waals surface area (Å²) in [5, 5.41) is 0. The van der Waals surface area contributed by atoms with Crippen LogP contribution in [0.1, 0.15) is 22.3 Å². The van der Waals surface area contributed by atoms with Crippen molar-refractivity contribution in [2.24, 2.45) is 0 Å². The van der Waals surface area contributed by atoms with Crippen molar-refractivity contribution < 1.29 is 9.47 Å². The fraction of sp³-hybridized carbons (Fsp3) is 0.100. The lowest BCUT2D eigenvalue weighted by molar-refractivity contribution is 0.217. The molecule has 202 valence electrons. The van der Waals surface area contributed by atoms with Crippen molar-refractivity contribution in [3.63, 3.8) is 0 Å². The molecule has 6 aromatic rings. The molecule has 42 heavy (non-hydrogen) atoms. The third kappa shape index (κ3) is 4.37. The van der Waals surface area contributed by atoms with Crippen LogP contribution in [0.4, 0.5) is 0 Å². The quantitative estimate of drug-likeness (QED) is 0.187. The van der Waals surface area contributed by atoms with Gasteiger partial charge in [-0.3, -0.25) is 0 Å². The van der Waals surface area contributed by atoms with Gasteiger partial charge in [-0.1, -0.05) is 109 Å². The summed E-state index contributed by atoms with van der Waals surface area (Å²) in [6.45, 7) is 0.949. The Morgan fingerprint density at radius 1 is 0.381 bits per heavy atom. The Morgan fingerprint density at radius 3 is 1.29 bits per heavy atom. The highest BCUT2D eigenvalue weighted by atomic mass is 16.5. The van der Waals surface area contributed by atoms with Crippen molar-refractivity contribution in [2.75, 3.05) is 13.2 Å². The minimum absolute atomic E-state index is 0.474. The first-order chi connectivity index (χ1) is 20.8. The molecule has 2 aliphatic carbocycles. The smallest absolute Gasteiger partial charge is 0.122 e. The van der Waals surface area contributed by atoms with Crippen molar-refractivity contribution in [1.82, 2.24) is 0 Å². The van der Waals surface area contributed by atoms with Crippen LogP contribution in [-0.2, 0) is 12.8 Å². The fourth-order valence-corrected chi connectivity index (χ4v) is 6.68. The Balaban J connectivity index is 0.947.